The maximum atomic E-state index is 11.1. The van der Waals surface area contributed by atoms with Crippen molar-refractivity contribution in [2.75, 3.05) is 18.0 Å². The van der Waals surface area contributed by atoms with E-state index >= 15 is 0 Å². The summed E-state index contributed by atoms with van der Waals surface area (Å²) in [5.41, 5.74) is 2.09. The van der Waals surface area contributed by atoms with Gasteiger partial charge in [0.05, 0.1) is 0 Å². The molecule has 1 aliphatic heterocycles. The number of carbonyl (C=O) groups excluding carboxylic acids is 1. The van der Waals surface area contributed by atoms with Gasteiger partial charge in [-0.05, 0) is 30.2 Å². The van der Waals surface area contributed by atoms with Crippen LogP contribution in [0.1, 0.15) is 19.8 Å². The van der Waals surface area contributed by atoms with Gasteiger partial charge in [-0.25, -0.2) is 0 Å². The van der Waals surface area contributed by atoms with Gasteiger partial charge in [0, 0.05) is 37.3 Å². The molecule has 2 N–H and O–H groups in total. The van der Waals surface area contributed by atoms with Crippen LogP contribution in [-0.4, -0.2) is 45.7 Å². The Morgan fingerprint density at radius 1 is 1.33 bits per heavy atom. The van der Waals surface area contributed by atoms with Crippen molar-refractivity contribution in [3.05, 3.63) is 24.3 Å². The van der Waals surface area contributed by atoms with E-state index in [1.54, 1.807) is 6.92 Å². The Morgan fingerprint density at radius 2 is 2.10 bits per heavy atom. The highest BCUT2D eigenvalue weighted by molar-refractivity contribution is 5.74. The Kier molecular flexibility index (Phi) is 3.81. The normalized spacial score (nSPS) is 16.0. The number of nitrogens with one attached hydrogen (secondary N) is 2. The molecule has 1 aromatic heterocycles. The van der Waals surface area contributed by atoms with Crippen LogP contribution in [0.5, 0.6) is 0 Å². The van der Waals surface area contributed by atoms with Crippen LogP contribution in [0.25, 0.3) is 11.4 Å². The van der Waals surface area contributed by atoms with Crippen molar-refractivity contribution in [1.29, 1.82) is 0 Å². The summed E-state index contributed by atoms with van der Waals surface area (Å²) in [5, 5.41) is 17.2. The van der Waals surface area contributed by atoms with Gasteiger partial charge in [-0.3, -0.25) is 4.79 Å². The number of para-hydroxylation sites is 1. The maximum absolute atomic E-state index is 11.1. The minimum Gasteiger partial charge on any atom is -0.371 e. The number of hydrogen-bond donors (Lipinski definition) is 2. The zero-order valence-electron chi connectivity index (χ0n) is 11.9. The molecule has 1 amide bonds. The van der Waals surface area contributed by atoms with Crippen LogP contribution >= 0.6 is 0 Å². The zero-order valence-corrected chi connectivity index (χ0v) is 11.9. The molecule has 0 atom stereocenters. The molecular formula is C14H18N6O. The Hall–Kier alpha value is -2.44. The summed E-state index contributed by atoms with van der Waals surface area (Å²) in [7, 11) is 0. The lowest BCUT2D eigenvalue weighted by molar-refractivity contribution is -0.119. The number of aromatic nitrogens is 4. The van der Waals surface area contributed by atoms with Crippen LogP contribution in [0.15, 0.2) is 24.3 Å². The predicted octanol–water partition coefficient (Wildman–Crippen LogP) is 0.972. The third kappa shape index (κ3) is 3.01. The second-order valence-electron chi connectivity index (χ2n) is 5.21. The standard InChI is InChI=1S/C14H18N6O/c1-10(21)15-11-6-8-20(9-7-11)13-5-3-2-4-12(13)14-16-18-19-17-14/h2-5,11H,6-9H2,1H3,(H,15,21)(H,16,17,18,19). The van der Waals surface area contributed by atoms with Crippen LogP contribution in [-0.2, 0) is 4.79 Å². The molecule has 7 heteroatoms. The van der Waals surface area contributed by atoms with Crippen LogP contribution < -0.4 is 10.2 Å². The van der Waals surface area contributed by atoms with E-state index in [0.717, 1.165) is 37.2 Å². The molecule has 2 heterocycles. The van der Waals surface area contributed by atoms with Crippen molar-refractivity contribution in [1.82, 2.24) is 25.9 Å². The van der Waals surface area contributed by atoms with E-state index < -0.39 is 0 Å². The number of piperidine rings is 1. The van der Waals surface area contributed by atoms with Gasteiger partial charge in [0.15, 0.2) is 0 Å². The number of nitrogens with zero attached hydrogens (tertiary/aromatic N) is 4. The molecule has 0 aliphatic carbocycles. The summed E-state index contributed by atoms with van der Waals surface area (Å²) >= 11 is 0. The number of benzene rings is 1. The average molecular weight is 286 g/mol. The van der Waals surface area contributed by atoms with Crippen LogP contribution in [0.2, 0.25) is 0 Å². The first-order valence-electron chi connectivity index (χ1n) is 7.09. The number of aromatic amines is 1. The minimum absolute atomic E-state index is 0.0423. The van der Waals surface area contributed by atoms with E-state index in [-0.39, 0.29) is 11.9 Å². The van der Waals surface area contributed by atoms with Gasteiger partial charge in [-0.2, -0.15) is 5.21 Å². The molecule has 1 aromatic carbocycles. The molecule has 0 saturated carbocycles. The molecule has 3 rings (SSSR count). The Bertz CT molecular complexity index is 604. The van der Waals surface area contributed by atoms with Crippen LogP contribution in [0, 0.1) is 0 Å². The van der Waals surface area contributed by atoms with Crippen molar-refractivity contribution in [3.63, 3.8) is 0 Å². The second-order valence-corrected chi connectivity index (χ2v) is 5.21. The number of H-pyrrole nitrogens is 1. The van der Waals surface area contributed by atoms with Gasteiger partial charge >= 0.3 is 0 Å². The first-order valence-corrected chi connectivity index (χ1v) is 7.09. The summed E-state index contributed by atoms with van der Waals surface area (Å²) in [6.45, 7) is 3.37. The monoisotopic (exact) mass is 286 g/mol. The molecule has 110 valence electrons. The molecule has 1 fully saturated rings. The average Bonchev–Trinajstić information content (AvgIpc) is 3.02. The summed E-state index contributed by atoms with van der Waals surface area (Å²) in [5.74, 6) is 0.648. The Balaban J connectivity index is 1.76. The fraction of sp³-hybridized carbons (Fsp3) is 0.429. The topological polar surface area (TPSA) is 86.8 Å². The van der Waals surface area contributed by atoms with Crippen molar-refractivity contribution < 1.29 is 4.79 Å². The lowest BCUT2D eigenvalue weighted by Gasteiger charge is -2.34. The molecular weight excluding hydrogens is 268 g/mol. The minimum atomic E-state index is 0.0423. The lowest BCUT2D eigenvalue weighted by atomic mass is 10.0. The highest BCUT2D eigenvalue weighted by Crippen LogP contribution is 2.29. The largest absolute Gasteiger partial charge is 0.371 e. The van der Waals surface area contributed by atoms with Gasteiger partial charge in [-0.15, -0.1) is 10.2 Å². The third-order valence-electron chi connectivity index (χ3n) is 3.73. The summed E-state index contributed by atoms with van der Waals surface area (Å²) in [6, 6.07) is 8.33. The molecule has 7 nitrogen and oxygen atoms in total. The molecule has 2 aromatic rings. The quantitative estimate of drug-likeness (QED) is 0.878. The van der Waals surface area contributed by atoms with Crippen molar-refractivity contribution >= 4 is 11.6 Å². The highest BCUT2D eigenvalue weighted by Gasteiger charge is 2.22. The van der Waals surface area contributed by atoms with E-state index in [1.807, 2.05) is 18.2 Å². The van der Waals surface area contributed by atoms with Gasteiger partial charge in [-0.1, -0.05) is 12.1 Å². The maximum Gasteiger partial charge on any atom is 0.217 e. The first-order chi connectivity index (χ1) is 10.2. The van der Waals surface area contributed by atoms with Crippen molar-refractivity contribution in [3.8, 4) is 11.4 Å². The third-order valence-corrected chi connectivity index (χ3v) is 3.73. The molecule has 0 radical (unpaired) electrons. The Morgan fingerprint density at radius 3 is 2.76 bits per heavy atom. The number of hydrogen-bond acceptors (Lipinski definition) is 5. The van der Waals surface area contributed by atoms with E-state index in [2.05, 4.69) is 36.9 Å². The SMILES string of the molecule is CC(=O)NC1CCN(c2ccccc2-c2nn[nH]n2)CC1. The van der Waals surface area contributed by atoms with E-state index in [4.69, 9.17) is 0 Å². The smallest absolute Gasteiger partial charge is 0.217 e. The predicted molar refractivity (Wildman–Crippen MR) is 78.7 cm³/mol. The number of anilines is 1. The summed E-state index contributed by atoms with van der Waals surface area (Å²) in [6.07, 6.45) is 1.89. The molecule has 1 aliphatic rings. The summed E-state index contributed by atoms with van der Waals surface area (Å²) < 4.78 is 0. The number of amides is 1. The fourth-order valence-electron chi connectivity index (χ4n) is 2.77. The molecule has 0 bridgehead atoms. The number of rotatable bonds is 3. The second kappa shape index (κ2) is 5.90. The highest BCUT2D eigenvalue weighted by atomic mass is 16.1. The molecule has 21 heavy (non-hydrogen) atoms. The van der Waals surface area contributed by atoms with E-state index in [9.17, 15) is 4.79 Å². The fourth-order valence-corrected chi connectivity index (χ4v) is 2.77. The van der Waals surface area contributed by atoms with Gasteiger partial charge in [0.1, 0.15) is 0 Å². The van der Waals surface area contributed by atoms with Gasteiger partial charge in [0.25, 0.3) is 0 Å². The van der Waals surface area contributed by atoms with Crippen molar-refractivity contribution in [2.45, 2.75) is 25.8 Å². The number of tetrazole rings is 1. The molecule has 0 spiro atoms. The molecule has 0 unspecified atom stereocenters. The van der Waals surface area contributed by atoms with E-state index in [1.165, 1.54) is 0 Å². The van der Waals surface area contributed by atoms with Crippen LogP contribution in [0.3, 0.4) is 0 Å². The zero-order chi connectivity index (χ0) is 14.7. The first kappa shape index (κ1) is 13.5. The molecule has 1 saturated heterocycles. The Labute approximate surface area is 122 Å². The van der Waals surface area contributed by atoms with Crippen molar-refractivity contribution in [2.24, 2.45) is 0 Å². The van der Waals surface area contributed by atoms with Crippen LogP contribution in [0.4, 0.5) is 5.69 Å². The van der Waals surface area contributed by atoms with Gasteiger partial charge in [0.2, 0.25) is 11.7 Å². The summed E-state index contributed by atoms with van der Waals surface area (Å²) in [4.78, 5) is 13.4. The number of carbonyl (C=O) groups is 1. The lowest BCUT2D eigenvalue weighted by Crippen LogP contribution is -2.44. The van der Waals surface area contributed by atoms with E-state index in [0.29, 0.717) is 5.82 Å². The van der Waals surface area contributed by atoms with Gasteiger partial charge < -0.3 is 10.2 Å².